The quantitative estimate of drug-likeness (QED) is 0.810. The molecule has 0 amide bonds. The number of nitrogens with one attached hydrogen (secondary N) is 2. The molecule has 4 heterocycles. The number of fused-ring (bicyclic) bond motifs is 3. The molecule has 4 saturated heterocycles. The molecule has 5 aliphatic rings. The molecular formula is C16H29N3. The van der Waals surface area contributed by atoms with Crippen LogP contribution >= 0.6 is 0 Å². The lowest BCUT2D eigenvalue weighted by Crippen LogP contribution is -2.59. The maximum absolute atomic E-state index is 4.09. The summed E-state index contributed by atoms with van der Waals surface area (Å²) in [5, 5.41) is 7.84. The number of hydrogen-bond donors (Lipinski definition) is 2. The van der Waals surface area contributed by atoms with Crippen molar-refractivity contribution < 1.29 is 0 Å². The highest BCUT2D eigenvalue weighted by Gasteiger charge is 2.39. The van der Waals surface area contributed by atoms with Gasteiger partial charge in [-0.3, -0.25) is 0 Å². The number of rotatable bonds is 3. The van der Waals surface area contributed by atoms with Crippen molar-refractivity contribution in [3.05, 3.63) is 0 Å². The fourth-order valence-corrected chi connectivity index (χ4v) is 5.18. The van der Waals surface area contributed by atoms with E-state index in [2.05, 4.69) is 15.5 Å². The zero-order valence-corrected chi connectivity index (χ0v) is 12.1. The summed E-state index contributed by atoms with van der Waals surface area (Å²) in [6.45, 7) is 5.31. The smallest absolute Gasteiger partial charge is 0.0226 e. The van der Waals surface area contributed by atoms with Crippen LogP contribution in [-0.4, -0.2) is 49.2 Å². The zero-order chi connectivity index (χ0) is 12.7. The molecule has 3 nitrogen and oxygen atoms in total. The van der Waals surface area contributed by atoms with E-state index in [0.29, 0.717) is 0 Å². The predicted molar refractivity (Wildman–Crippen MR) is 78.2 cm³/mol. The number of piperidine rings is 3. The molecule has 4 aliphatic heterocycles. The highest BCUT2D eigenvalue weighted by molar-refractivity contribution is 4.98. The lowest BCUT2D eigenvalue weighted by Gasteiger charge is -2.46. The average Bonchev–Trinajstić information content (AvgIpc) is 3.10. The third-order valence-electron chi connectivity index (χ3n) is 6.27. The van der Waals surface area contributed by atoms with E-state index in [1.54, 1.807) is 0 Å². The molecule has 0 aromatic rings. The molecule has 5 fully saturated rings. The molecule has 19 heavy (non-hydrogen) atoms. The molecule has 0 aromatic carbocycles. The Balaban J connectivity index is 1.38. The Morgan fingerprint density at radius 2 is 1.79 bits per heavy atom. The summed E-state index contributed by atoms with van der Waals surface area (Å²) >= 11 is 0. The molecular weight excluding hydrogens is 234 g/mol. The van der Waals surface area contributed by atoms with Crippen molar-refractivity contribution in [2.45, 2.75) is 63.1 Å². The molecule has 1 aliphatic carbocycles. The first kappa shape index (κ1) is 12.6. The van der Waals surface area contributed by atoms with E-state index in [0.717, 1.165) is 30.0 Å². The van der Waals surface area contributed by atoms with Crippen LogP contribution in [0.25, 0.3) is 0 Å². The highest BCUT2D eigenvalue weighted by atomic mass is 15.2. The Kier molecular flexibility index (Phi) is 3.55. The Labute approximate surface area is 117 Å². The molecule has 2 bridgehead atoms. The summed E-state index contributed by atoms with van der Waals surface area (Å²) in [5.41, 5.74) is 0. The third kappa shape index (κ3) is 2.45. The summed E-state index contributed by atoms with van der Waals surface area (Å²) in [6, 6.07) is 2.43. The third-order valence-corrected chi connectivity index (χ3v) is 6.27. The van der Waals surface area contributed by atoms with Gasteiger partial charge in [0.05, 0.1) is 0 Å². The largest absolute Gasteiger partial charge is 0.314 e. The van der Waals surface area contributed by atoms with Crippen LogP contribution in [0.2, 0.25) is 0 Å². The van der Waals surface area contributed by atoms with Crippen molar-refractivity contribution in [3.8, 4) is 0 Å². The van der Waals surface area contributed by atoms with Crippen molar-refractivity contribution in [3.63, 3.8) is 0 Å². The van der Waals surface area contributed by atoms with Gasteiger partial charge in [0.15, 0.2) is 0 Å². The van der Waals surface area contributed by atoms with Crippen LogP contribution in [0.3, 0.4) is 0 Å². The van der Waals surface area contributed by atoms with Crippen molar-refractivity contribution in [2.75, 3.05) is 26.2 Å². The maximum Gasteiger partial charge on any atom is 0.0226 e. The van der Waals surface area contributed by atoms with Crippen LogP contribution in [0, 0.1) is 11.8 Å². The van der Waals surface area contributed by atoms with Crippen LogP contribution in [0.15, 0.2) is 0 Å². The molecule has 0 spiro atoms. The summed E-state index contributed by atoms with van der Waals surface area (Å²) < 4.78 is 0. The predicted octanol–water partition coefficient (Wildman–Crippen LogP) is 1.59. The van der Waals surface area contributed by atoms with Gasteiger partial charge < -0.3 is 15.5 Å². The SMILES string of the molecule is C1CNC(C2CCCC2NC2CN3CCC2CC3)C1. The van der Waals surface area contributed by atoms with Gasteiger partial charge in [0.25, 0.3) is 0 Å². The van der Waals surface area contributed by atoms with Gasteiger partial charge in [0.2, 0.25) is 0 Å². The fraction of sp³-hybridized carbons (Fsp3) is 1.00. The molecule has 0 radical (unpaired) electrons. The van der Waals surface area contributed by atoms with Crippen LogP contribution in [0.4, 0.5) is 0 Å². The lowest BCUT2D eigenvalue weighted by atomic mass is 9.82. The molecule has 4 atom stereocenters. The van der Waals surface area contributed by atoms with E-state index in [4.69, 9.17) is 0 Å². The monoisotopic (exact) mass is 263 g/mol. The van der Waals surface area contributed by atoms with Crippen molar-refractivity contribution in [1.29, 1.82) is 0 Å². The van der Waals surface area contributed by atoms with Gasteiger partial charge in [-0.1, -0.05) is 6.42 Å². The van der Waals surface area contributed by atoms with Gasteiger partial charge in [-0.2, -0.15) is 0 Å². The van der Waals surface area contributed by atoms with Crippen molar-refractivity contribution in [1.82, 2.24) is 15.5 Å². The Morgan fingerprint density at radius 3 is 2.47 bits per heavy atom. The molecule has 2 N–H and O–H groups in total. The molecule has 5 rings (SSSR count). The average molecular weight is 263 g/mol. The van der Waals surface area contributed by atoms with Crippen LogP contribution in [0.1, 0.15) is 44.9 Å². The minimum atomic E-state index is 0.800. The molecule has 1 saturated carbocycles. The molecule has 108 valence electrons. The van der Waals surface area contributed by atoms with Crippen LogP contribution in [-0.2, 0) is 0 Å². The molecule has 0 aromatic heterocycles. The van der Waals surface area contributed by atoms with Gasteiger partial charge in [0, 0.05) is 24.7 Å². The van der Waals surface area contributed by atoms with E-state index in [1.165, 1.54) is 71.1 Å². The summed E-state index contributed by atoms with van der Waals surface area (Å²) in [4.78, 5) is 2.68. The Morgan fingerprint density at radius 1 is 0.895 bits per heavy atom. The molecule has 3 heteroatoms. The van der Waals surface area contributed by atoms with Gasteiger partial charge in [0.1, 0.15) is 0 Å². The van der Waals surface area contributed by atoms with Gasteiger partial charge >= 0.3 is 0 Å². The minimum Gasteiger partial charge on any atom is -0.314 e. The first-order chi connectivity index (χ1) is 9.40. The van der Waals surface area contributed by atoms with Crippen molar-refractivity contribution in [2.24, 2.45) is 11.8 Å². The lowest BCUT2D eigenvalue weighted by molar-refractivity contribution is 0.0628. The summed E-state index contributed by atoms with van der Waals surface area (Å²) in [7, 11) is 0. The Bertz CT molecular complexity index is 305. The van der Waals surface area contributed by atoms with Gasteiger partial charge in [-0.25, -0.2) is 0 Å². The summed E-state index contributed by atoms with van der Waals surface area (Å²) in [6.07, 6.45) is 10.0. The zero-order valence-electron chi connectivity index (χ0n) is 12.1. The minimum absolute atomic E-state index is 0.800. The number of nitrogens with zero attached hydrogens (tertiary/aromatic N) is 1. The Hall–Kier alpha value is -0.120. The van der Waals surface area contributed by atoms with Gasteiger partial charge in [-0.05, 0) is 70.0 Å². The highest BCUT2D eigenvalue weighted by Crippen LogP contribution is 2.34. The van der Waals surface area contributed by atoms with E-state index in [9.17, 15) is 0 Å². The number of hydrogen-bond acceptors (Lipinski definition) is 3. The first-order valence-electron chi connectivity index (χ1n) is 8.62. The summed E-state index contributed by atoms with van der Waals surface area (Å²) in [5.74, 6) is 1.89. The van der Waals surface area contributed by atoms with Gasteiger partial charge in [-0.15, -0.1) is 0 Å². The first-order valence-corrected chi connectivity index (χ1v) is 8.62. The van der Waals surface area contributed by atoms with Crippen molar-refractivity contribution >= 4 is 0 Å². The van der Waals surface area contributed by atoms with Crippen LogP contribution < -0.4 is 10.6 Å². The van der Waals surface area contributed by atoms with E-state index < -0.39 is 0 Å². The molecule has 4 unspecified atom stereocenters. The van der Waals surface area contributed by atoms with Crippen LogP contribution in [0.5, 0.6) is 0 Å². The second-order valence-corrected chi connectivity index (χ2v) is 7.32. The van der Waals surface area contributed by atoms with E-state index in [-0.39, 0.29) is 0 Å². The van der Waals surface area contributed by atoms with E-state index in [1.807, 2.05) is 0 Å². The topological polar surface area (TPSA) is 27.3 Å². The second-order valence-electron chi connectivity index (χ2n) is 7.32. The standard InChI is InChI=1S/C16H29N3/c1-3-13(14-5-2-8-17-14)15(4-1)18-16-11-19-9-6-12(16)7-10-19/h12-18H,1-11H2. The van der Waals surface area contributed by atoms with E-state index >= 15 is 0 Å². The normalized spacial score (nSPS) is 49.9. The maximum atomic E-state index is 4.09. The second kappa shape index (κ2) is 5.34. The fourth-order valence-electron chi connectivity index (χ4n) is 5.18.